The first-order valence-electron chi connectivity index (χ1n) is 8.74. The summed E-state index contributed by atoms with van der Waals surface area (Å²) in [6.45, 7) is 6.88. The third-order valence-electron chi connectivity index (χ3n) is 4.40. The molecule has 0 spiro atoms. The molecular formula is C19H26N4O2. The number of nitrogens with zero attached hydrogens (tertiary/aromatic N) is 4. The molecule has 1 aromatic heterocycles. The van der Waals surface area contributed by atoms with Crippen molar-refractivity contribution in [3.63, 3.8) is 0 Å². The molecule has 0 bridgehead atoms. The number of rotatable bonds is 5. The smallest absolute Gasteiger partial charge is 0.257 e. The van der Waals surface area contributed by atoms with E-state index >= 15 is 0 Å². The van der Waals surface area contributed by atoms with Crippen LogP contribution in [0.4, 0.5) is 5.69 Å². The molecule has 0 N–H and O–H groups in total. The second-order valence-corrected chi connectivity index (χ2v) is 6.75. The maximum Gasteiger partial charge on any atom is 0.257 e. The zero-order valence-electron chi connectivity index (χ0n) is 15.1. The molecule has 1 fully saturated rings. The van der Waals surface area contributed by atoms with Gasteiger partial charge in [-0.25, -0.2) is 0 Å². The molecule has 2 heterocycles. The van der Waals surface area contributed by atoms with Crippen molar-refractivity contribution in [2.75, 3.05) is 24.6 Å². The number of carbonyl (C=O) groups is 1. The fourth-order valence-electron chi connectivity index (χ4n) is 3.20. The first-order chi connectivity index (χ1) is 12.0. The molecule has 1 aliphatic heterocycles. The lowest BCUT2D eigenvalue weighted by Crippen LogP contribution is -2.52. The van der Waals surface area contributed by atoms with E-state index in [2.05, 4.69) is 22.1 Å². The highest BCUT2D eigenvalue weighted by Gasteiger charge is 2.32. The average Bonchev–Trinajstić information content (AvgIpc) is 3.01. The Labute approximate surface area is 149 Å². The minimum absolute atomic E-state index is 0.000705. The second kappa shape index (κ2) is 7.80. The highest BCUT2D eigenvalue weighted by Crippen LogP contribution is 2.20. The third kappa shape index (κ3) is 4.27. The van der Waals surface area contributed by atoms with Crippen LogP contribution in [0.25, 0.3) is 0 Å². The molecule has 1 aromatic carbocycles. The Kier molecular flexibility index (Phi) is 5.50. The summed E-state index contributed by atoms with van der Waals surface area (Å²) in [7, 11) is 1.85. The first-order valence-corrected chi connectivity index (χ1v) is 8.74. The van der Waals surface area contributed by atoms with E-state index in [9.17, 15) is 4.79 Å². The molecule has 134 valence electrons. The predicted octanol–water partition coefficient (Wildman–Crippen LogP) is 2.06. The Morgan fingerprint density at radius 2 is 2.12 bits per heavy atom. The highest BCUT2D eigenvalue weighted by molar-refractivity contribution is 5.97. The number of benzene rings is 1. The van der Waals surface area contributed by atoms with Crippen molar-refractivity contribution in [2.45, 2.75) is 32.5 Å². The van der Waals surface area contributed by atoms with Crippen LogP contribution in [0.3, 0.4) is 0 Å². The molecule has 0 radical (unpaired) electrons. The second-order valence-electron chi connectivity index (χ2n) is 6.75. The molecule has 6 nitrogen and oxygen atoms in total. The molecule has 0 aliphatic carbocycles. The number of anilines is 1. The van der Waals surface area contributed by atoms with Crippen molar-refractivity contribution >= 4 is 11.6 Å². The van der Waals surface area contributed by atoms with Crippen molar-refractivity contribution in [1.29, 1.82) is 0 Å². The Morgan fingerprint density at radius 1 is 1.36 bits per heavy atom. The van der Waals surface area contributed by atoms with E-state index in [1.54, 1.807) is 15.8 Å². The molecule has 0 saturated carbocycles. The lowest BCUT2D eigenvalue weighted by atomic mass is 10.1. The number of aromatic nitrogens is 2. The lowest BCUT2D eigenvalue weighted by Gasteiger charge is -2.36. The number of amides is 1. The van der Waals surface area contributed by atoms with E-state index in [0.717, 1.165) is 18.8 Å². The molecule has 3 rings (SSSR count). The van der Waals surface area contributed by atoms with Gasteiger partial charge in [-0.3, -0.25) is 14.4 Å². The van der Waals surface area contributed by atoms with Crippen LogP contribution < -0.4 is 4.90 Å². The minimum Gasteiger partial charge on any atom is -0.366 e. The highest BCUT2D eigenvalue weighted by atomic mass is 16.5. The fourth-order valence-corrected chi connectivity index (χ4v) is 3.20. The number of hydrogen-bond donors (Lipinski definition) is 0. The summed E-state index contributed by atoms with van der Waals surface area (Å²) in [5.41, 5.74) is 2.06. The Balaban J connectivity index is 1.70. The Hall–Kier alpha value is -2.18. The molecule has 0 unspecified atom stereocenters. The van der Waals surface area contributed by atoms with E-state index in [1.807, 2.05) is 45.3 Å². The molecular weight excluding hydrogens is 316 g/mol. The fraction of sp³-hybridized carbons (Fsp3) is 0.474. The SMILES string of the molecule is CC(C)N(C(=O)[C@@H]1CN(Cc2ccccc2)CCO1)c1cnn(C)c1. The van der Waals surface area contributed by atoms with Gasteiger partial charge in [0.05, 0.1) is 18.5 Å². The van der Waals surface area contributed by atoms with Gasteiger partial charge in [-0.05, 0) is 19.4 Å². The summed E-state index contributed by atoms with van der Waals surface area (Å²) in [4.78, 5) is 17.1. The maximum atomic E-state index is 13.1. The standard InChI is InChI=1S/C19H26N4O2/c1-15(2)23(17-11-20-21(3)13-17)19(24)18-14-22(9-10-25-18)12-16-7-5-4-6-8-16/h4-8,11,13,15,18H,9-10,12,14H2,1-3H3/t18-/m0/s1. The van der Waals surface area contributed by atoms with Crippen molar-refractivity contribution < 1.29 is 9.53 Å². The Morgan fingerprint density at radius 3 is 2.76 bits per heavy atom. The van der Waals surface area contributed by atoms with Gasteiger partial charge in [0.2, 0.25) is 0 Å². The van der Waals surface area contributed by atoms with Gasteiger partial charge in [0.1, 0.15) is 6.10 Å². The van der Waals surface area contributed by atoms with Crippen LogP contribution in [0.5, 0.6) is 0 Å². The topological polar surface area (TPSA) is 50.6 Å². The van der Waals surface area contributed by atoms with E-state index in [-0.39, 0.29) is 11.9 Å². The molecule has 1 aliphatic rings. The van der Waals surface area contributed by atoms with Crippen molar-refractivity contribution in [3.8, 4) is 0 Å². The monoisotopic (exact) mass is 342 g/mol. The van der Waals surface area contributed by atoms with Gasteiger partial charge in [-0.1, -0.05) is 30.3 Å². The molecule has 25 heavy (non-hydrogen) atoms. The van der Waals surface area contributed by atoms with E-state index in [0.29, 0.717) is 13.2 Å². The van der Waals surface area contributed by atoms with Crippen molar-refractivity contribution in [2.24, 2.45) is 7.05 Å². The third-order valence-corrected chi connectivity index (χ3v) is 4.40. The molecule has 1 atom stereocenters. The van der Waals surface area contributed by atoms with Gasteiger partial charge in [0, 0.05) is 38.9 Å². The summed E-state index contributed by atoms with van der Waals surface area (Å²) in [6.07, 6.45) is 3.14. The molecule has 1 saturated heterocycles. The van der Waals surface area contributed by atoms with Crippen LogP contribution in [0.2, 0.25) is 0 Å². The zero-order chi connectivity index (χ0) is 17.8. The normalized spacial score (nSPS) is 18.5. The molecule has 6 heteroatoms. The number of ether oxygens (including phenoxy) is 1. The average molecular weight is 342 g/mol. The van der Waals surface area contributed by atoms with Gasteiger partial charge < -0.3 is 9.64 Å². The number of carbonyl (C=O) groups excluding carboxylic acids is 1. The van der Waals surface area contributed by atoms with Crippen molar-refractivity contribution in [3.05, 3.63) is 48.3 Å². The van der Waals surface area contributed by atoms with Crippen LogP contribution in [0, 0.1) is 0 Å². The van der Waals surface area contributed by atoms with Crippen LogP contribution in [0.1, 0.15) is 19.4 Å². The van der Waals surface area contributed by atoms with Crippen LogP contribution in [0.15, 0.2) is 42.7 Å². The van der Waals surface area contributed by atoms with Crippen molar-refractivity contribution in [1.82, 2.24) is 14.7 Å². The van der Waals surface area contributed by atoms with E-state index < -0.39 is 6.10 Å². The largest absolute Gasteiger partial charge is 0.366 e. The van der Waals surface area contributed by atoms with Gasteiger partial charge in [-0.15, -0.1) is 0 Å². The lowest BCUT2D eigenvalue weighted by molar-refractivity contribution is -0.136. The van der Waals surface area contributed by atoms with Crippen LogP contribution >= 0.6 is 0 Å². The maximum absolute atomic E-state index is 13.1. The predicted molar refractivity (Wildman–Crippen MR) is 97.3 cm³/mol. The zero-order valence-corrected chi connectivity index (χ0v) is 15.1. The van der Waals surface area contributed by atoms with Gasteiger partial charge in [0.15, 0.2) is 0 Å². The van der Waals surface area contributed by atoms with Gasteiger partial charge in [0.25, 0.3) is 5.91 Å². The summed E-state index contributed by atoms with van der Waals surface area (Å²) in [6, 6.07) is 10.4. The van der Waals surface area contributed by atoms with Gasteiger partial charge in [-0.2, -0.15) is 5.10 Å². The van der Waals surface area contributed by atoms with E-state index in [1.165, 1.54) is 5.56 Å². The van der Waals surface area contributed by atoms with Crippen LogP contribution in [-0.4, -0.2) is 52.4 Å². The van der Waals surface area contributed by atoms with Crippen LogP contribution in [-0.2, 0) is 23.1 Å². The molecule has 1 amide bonds. The first kappa shape index (κ1) is 17.6. The van der Waals surface area contributed by atoms with E-state index in [4.69, 9.17) is 4.74 Å². The van der Waals surface area contributed by atoms with Gasteiger partial charge >= 0.3 is 0 Å². The number of aryl methyl sites for hydroxylation is 1. The minimum atomic E-state index is -0.444. The number of hydrogen-bond acceptors (Lipinski definition) is 4. The summed E-state index contributed by atoms with van der Waals surface area (Å²) >= 11 is 0. The molecule has 2 aromatic rings. The summed E-state index contributed by atoms with van der Waals surface area (Å²) in [5.74, 6) is 0.000705. The Bertz CT molecular complexity index is 698. The number of morpholine rings is 1. The quantitative estimate of drug-likeness (QED) is 0.835. The summed E-state index contributed by atoms with van der Waals surface area (Å²) in [5, 5.41) is 4.19. The summed E-state index contributed by atoms with van der Waals surface area (Å²) < 4.78 is 7.52.